The molecule has 0 radical (unpaired) electrons. The number of hydrogen-bond donors (Lipinski definition) is 1. The Morgan fingerprint density at radius 1 is 0.829 bits per heavy atom. The van der Waals surface area contributed by atoms with Gasteiger partial charge >= 0.3 is 5.97 Å². The molecule has 0 bridgehead atoms. The average molecular weight is 614 g/mol. The lowest BCUT2D eigenvalue weighted by molar-refractivity contribution is -0.135. The van der Waals surface area contributed by atoms with Crippen molar-refractivity contribution >= 4 is 67.3 Å². The molecule has 0 aromatic heterocycles. The molecule has 0 spiro atoms. The number of hydrogen-bond acceptors (Lipinski definition) is 5. The van der Waals surface area contributed by atoms with Crippen LogP contribution in [-0.4, -0.2) is 56.7 Å². The molecule has 41 heavy (non-hydrogen) atoms. The summed E-state index contributed by atoms with van der Waals surface area (Å²) in [6, 6.07) is 20.5. The van der Waals surface area contributed by atoms with E-state index in [1.54, 1.807) is 56.6 Å². The third kappa shape index (κ3) is 6.70. The third-order valence-corrected chi connectivity index (χ3v) is 8.59. The lowest BCUT2D eigenvalue weighted by atomic mass is 9.96. The second-order valence-corrected chi connectivity index (χ2v) is 12.2. The van der Waals surface area contributed by atoms with Crippen molar-refractivity contribution in [2.75, 3.05) is 24.9 Å². The molecule has 4 rings (SSSR count). The quantitative estimate of drug-likeness (QED) is 0.222. The van der Waals surface area contributed by atoms with Gasteiger partial charge < -0.3 is 10.0 Å². The molecule has 1 N–H and O–H groups in total. The van der Waals surface area contributed by atoms with Crippen LogP contribution in [0.2, 0.25) is 10.0 Å². The number of Topliss-reactive ketones (excluding diaryl/α,β-unsaturated/α-hetero) is 1. The first-order valence-electron chi connectivity index (χ1n) is 12.4. The van der Waals surface area contributed by atoms with Gasteiger partial charge in [0.05, 0.1) is 10.6 Å². The second-order valence-electron chi connectivity index (χ2n) is 9.51. The Balaban J connectivity index is 1.68. The first-order valence-corrected chi connectivity index (χ1v) is 14.6. The molecule has 0 unspecified atom stereocenters. The number of fused-ring (bicyclic) bond motifs is 1. The van der Waals surface area contributed by atoms with Gasteiger partial charge in [-0.15, -0.1) is 0 Å². The number of anilines is 1. The zero-order chi connectivity index (χ0) is 29.9. The summed E-state index contributed by atoms with van der Waals surface area (Å²) in [5, 5.41) is 10.6. The first kappa shape index (κ1) is 30.0. The highest BCUT2D eigenvalue weighted by atomic mass is 35.5. The van der Waals surface area contributed by atoms with E-state index in [9.17, 15) is 27.9 Å². The number of sulfonamides is 1. The summed E-state index contributed by atoms with van der Waals surface area (Å²) >= 11 is 12.1. The summed E-state index contributed by atoms with van der Waals surface area (Å²) in [5.41, 5.74) is 1.90. The van der Waals surface area contributed by atoms with Gasteiger partial charge in [-0.2, -0.15) is 0 Å². The van der Waals surface area contributed by atoms with Crippen LogP contribution < -0.4 is 4.31 Å². The van der Waals surface area contributed by atoms with E-state index in [0.717, 1.165) is 9.87 Å². The topological polar surface area (TPSA) is 112 Å². The van der Waals surface area contributed by atoms with Crippen molar-refractivity contribution in [3.8, 4) is 0 Å². The minimum absolute atomic E-state index is 0.0797. The summed E-state index contributed by atoms with van der Waals surface area (Å²) < 4.78 is 28.1. The summed E-state index contributed by atoms with van der Waals surface area (Å²) in [5.74, 6) is -1.66. The molecule has 8 nitrogen and oxygen atoms in total. The summed E-state index contributed by atoms with van der Waals surface area (Å²) in [4.78, 5) is 38.5. The van der Waals surface area contributed by atoms with Crippen LogP contribution in [0.1, 0.15) is 32.7 Å². The molecule has 0 aliphatic carbocycles. The van der Waals surface area contributed by atoms with Crippen molar-refractivity contribution in [2.45, 2.75) is 17.7 Å². The molecule has 0 saturated carbocycles. The minimum Gasteiger partial charge on any atom is -0.480 e. The van der Waals surface area contributed by atoms with Crippen LogP contribution in [0.25, 0.3) is 10.8 Å². The highest BCUT2D eigenvalue weighted by Gasteiger charge is 2.29. The molecule has 0 atom stereocenters. The number of nitrogens with zero attached hydrogens (tertiary/aromatic N) is 2. The number of aryl methyl sites for hydroxylation is 1. The van der Waals surface area contributed by atoms with E-state index in [0.29, 0.717) is 28.3 Å². The van der Waals surface area contributed by atoms with Gasteiger partial charge in [-0.1, -0.05) is 65.7 Å². The van der Waals surface area contributed by atoms with Gasteiger partial charge in [0.25, 0.3) is 15.9 Å². The molecule has 4 aromatic rings. The molecule has 212 valence electrons. The monoisotopic (exact) mass is 612 g/mol. The van der Waals surface area contributed by atoms with Gasteiger partial charge in [-0.05, 0) is 53.8 Å². The van der Waals surface area contributed by atoms with Gasteiger partial charge in [0.15, 0.2) is 5.78 Å². The van der Waals surface area contributed by atoms with Gasteiger partial charge in [0.2, 0.25) is 0 Å². The number of halogens is 2. The molecule has 0 heterocycles. The van der Waals surface area contributed by atoms with E-state index in [2.05, 4.69) is 0 Å². The van der Waals surface area contributed by atoms with Crippen LogP contribution >= 0.6 is 23.2 Å². The van der Waals surface area contributed by atoms with E-state index in [4.69, 9.17) is 23.2 Å². The van der Waals surface area contributed by atoms with Crippen molar-refractivity contribution in [3.05, 3.63) is 106 Å². The second kappa shape index (κ2) is 12.3. The molecule has 11 heteroatoms. The molecular weight excluding hydrogens is 587 g/mol. The molecule has 0 aliphatic rings. The Hall–Kier alpha value is -3.92. The van der Waals surface area contributed by atoms with E-state index in [1.807, 2.05) is 12.1 Å². The normalized spacial score (nSPS) is 11.3. The fraction of sp³-hybridized carbons (Fsp3) is 0.167. The number of carboxylic acids is 1. The van der Waals surface area contributed by atoms with Crippen LogP contribution in [0.3, 0.4) is 0 Å². The van der Waals surface area contributed by atoms with E-state index in [1.165, 1.54) is 29.2 Å². The Morgan fingerprint density at radius 2 is 1.44 bits per heavy atom. The van der Waals surface area contributed by atoms with Gasteiger partial charge in [0.1, 0.15) is 6.54 Å². The predicted octanol–water partition coefficient (Wildman–Crippen LogP) is 5.94. The van der Waals surface area contributed by atoms with Crippen LogP contribution in [0.5, 0.6) is 0 Å². The van der Waals surface area contributed by atoms with Crippen LogP contribution in [0, 0.1) is 0 Å². The molecule has 4 aromatic carbocycles. The average Bonchev–Trinajstić information content (AvgIpc) is 2.93. The maximum Gasteiger partial charge on any atom is 0.324 e. The Labute approximate surface area is 247 Å². The third-order valence-electron chi connectivity index (χ3n) is 6.42. The number of carbonyl (C=O) groups excluding carboxylic acids is 2. The molecule has 0 fully saturated rings. The number of ketones is 1. The number of rotatable bonds is 10. The van der Waals surface area contributed by atoms with Gasteiger partial charge in [-0.25, -0.2) is 8.42 Å². The largest absolute Gasteiger partial charge is 0.480 e. The maximum absolute atomic E-state index is 13.7. The van der Waals surface area contributed by atoms with Crippen molar-refractivity contribution in [1.82, 2.24) is 4.90 Å². The van der Waals surface area contributed by atoms with Crippen molar-refractivity contribution in [3.63, 3.8) is 0 Å². The standard InChI is InChI=1S/C30H26Cl2N2O6S/c1-33(2)30(38)20-12-9-19(10-13-20)11-14-28(35)26-7-3-6-25-24(26)5-4-8-27(25)34(18-29(36)37)41(39,40)23-16-21(31)15-22(32)17-23/h3-10,12-13,15-17H,11,14,18H2,1-2H3,(H,36,37). The highest BCUT2D eigenvalue weighted by Crippen LogP contribution is 2.34. The number of carbonyl (C=O) groups is 3. The van der Waals surface area contributed by atoms with Crippen molar-refractivity contribution < 1.29 is 27.9 Å². The lowest BCUT2D eigenvalue weighted by Crippen LogP contribution is -2.36. The Kier molecular flexibility index (Phi) is 9.01. The zero-order valence-electron chi connectivity index (χ0n) is 22.2. The molecular formula is C30H26Cl2N2O6S. The van der Waals surface area contributed by atoms with Crippen LogP contribution in [0.4, 0.5) is 5.69 Å². The highest BCUT2D eigenvalue weighted by molar-refractivity contribution is 7.93. The van der Waals surface area contributed by atoms with E-state index < -0.39 is 22.5 Å². The Morgan fingerprint density at radius 3 is 2.05 bits per heavy atom. The van der Waals surface area contributed by atoms with E-state index >= 15 is 0 Å². The molecule has 1 amide bonds. The summed E-state index contributed by atoms with van der Waals surface area (Å²) in [6.07, 6.45) is 0.600. The summed E-state index contributed by atoms with van der Waals surface area (Å²) in [6.45, 7) is -0.865. The van der Waals surface area contributed by atoms with Gasteiger partial charge in [-0.3, -0.25) is 18.7 Å². The lowest BCUT2D eigenvalue weighted by Gasteiger charge is -2.25. The van der Waals surface area contributed by atoms with Crippen LogP contribution in [-0.2, 0) is 21.2 Å². The predicted molar refractivity (Wildman–Crippen MR) is 160 cm³/mol. The Bertz CT molecular complexity index is 1730. The minimum atomic E-state index is -4.41. The number of carboxylic acid groups (broad SMARTS) is 1. The fourth-order valence-electron chi connectivity index (χ4n) is 4.45. The maximum atomic E-state index is 13.7. The zero-order valence-corrected chi connectivity index (χ0v) is 24.5. The molecule has 0 saturated heterocycles. The first-order chi connectivity index (χ1) is 19.4. The number of aliphatic carboxylic acids is 1. The summed E-state index contributed by atoms with van der Waals surface area (Å²) in [7, 11) is -1.06. The van der Waals surface area contributed by atoms with Crippen molar-refractivity contribution in [1.29, 1.82) is 0 Å². The van der Waals surface area contributed by atoms with Gasteiger partial charge in [0, 0.05) is 47.1 Å². The fourth-order valence-corrected chi connectivity index (χ4v) is 6.61. The number of amides is 1. The van der Waals surface area contributed by atoms with Crippen LogP contribution in [0.15, 0.2) is 83.8 Å². The smallest absolute Gasteiger partial charge is 0.324 e. The SMILES string of the molecule is CN(C)C(=O)c1ccc(CCC(=O)c2cccc3c(N(CC(=O)O)S(=O)(=O)c4cc(Cl)cc(Cl)c4)cccc23)cc1. The number of benzene rings is 4. The van der Waals surface area contributed by atoms with Crippen molar-refractivity contribution in [2.24, 2.45) is 0 Å². The molecule has 0 aliphatic heterocycles. The van der Waals surface area contributed by atoms with E-state index in [-0.39, 0.29) is 38.7 Å².